The quantitative estimate of drug-likeness (QED) is 0.345. The van der Waals surface area contributed by atoms with Crippen molar-refractivity contribution in [2.24, 2.45) is 0 Å². The third-order valence-corrected chi connectivity index (χ3v) is 5.32. The summed E-state index contributed by atoms with van der Waals surface area (Å²) in [7, 11) is 1.66. The number of nitrogens with one attached hydrogen (secondary N) is 2. The molecule has 0 atom stereocenters. The first-order valence-corrected chi connectivity index (χ1v) is 9.60. The van der Waals surface area contributed by atoms with Gasteiger partial charge < -0.3 is 15.0 Å². The molecule has 2 aromatic carbocycles. The summed E-state index contributed by atoms with van der Waals surface area (Å²) in [5.41, 5.74) is 4.04. The number of non-ortho nitro benzene ring substituents is 1. The van der Waals surface area contributed by atoms with Crippen LogP contribution in [0.5, 0.6) is 5.75 Å². The number of nitro benzene ring substituents is 1. The number of ether oxygens (including phenoxy) is 1. The maximum atomic E-state index is 10.8. The largest absolute Gasteiger partial charge is 0.497 e. The van der Waals surface area contributed by atoms with Crippen LogP contribution in [-0.4, -0.2) is 28.5 Å². The molecule has 0 bridgehead atoms. The average molecular weight is 394 g/mol. The molecule has 0 amide bonds. The molecule has 142 valence electrons. The van der Waals surface area contributed by atoms with Crippen molar-refractivity contribution in [1.82, 2.24) is 9.97 Å². The van der Waals surface area contributed by atoms with Crippen LogP contribution in [0.4, 0.5) is 10.8 Å². The molecule has 0 aliphatic carbocycles. The van der Waals surface area contributed by atoms with E-state index < -0.39 is 4.92 Å². The second-order valence-electron chi connectivity index (χ2n) is 6.24. The van der Waals surface area contributed by atoms with Crippen LogP contribution in [0.3, 0.4) is 0 Å². The fraction of sp³-hybridized carbons (Fsp3) is 0.150. The summed E-state index contributed by atoms with van der Waals surface area (Å²) >= 11 is 1.52. The second-order valence-corrected chi connectivity index (χ2v) is 7.10. The number of hydrogen-bond acceptors (Lipinski definition) is 6. The monoisotopic (exact) mass is 394 g/mol. The maximum Gasteiger partial charge on any atom is 0.269 e. The van der Waals surface area contributed by atoms with Crippen molar-refractivity contribution >= 4 is 33.1 Å². The van der Waals surface area contributed by atoms with Gasteiger partial charge in [-0.3, -0.25) is 10.1 Å². The van der Waals surface area contributed by atoms with Crippen molar-refractivity contribution in [3.63, 3.8) is 0 Å². The van der Waals surface area contributed by atoms with E-state index in [1.807, 2.05) is 23.7 Å². The minimum absolute atomic E-state index is 0.0775. The summed E-state index contributed by atoms with van der Waals surface area (Å²) in [5, 5.41) is 18.1. The number of benzene rings is 2. The van der Waals surface area contributed by atoms with Crippen LogP contribution >= 0.6 is 11.3 Å². The number of hydrogen-bond donors (Lipinski definition) is 2. The second kappa shape index (κ2) is 7.69. The van der Waals surface area contributed by atoms with Crippen LogP contribution in [-0.2, 0) is 6.42 Å². The van der Waals surface area contributed by atoms with Gasteiger partial charge in [-0.2, -0.15) is 0 Å². The highest BCUT2D eigenvalue weighted by molar-refractivity contribution is 7.14. The first-order valence-electron chi connectivity index (χ1n) is 8.72. The fourth-order valence-electron chi connectivity index (χ4n) is 3.04. The molecular weight excluding hydrogens is 376 g/mol. The van der Waals surface area contributed by atoms with Gasteiger partial charge >= 0.3 is 0 Å². The Morgan fingerprint density at radius 2 is 2.07 bits per heavy atom. The molecule has 4 aromatic rings. The molecule has 0 saturated heterocycles. The molecule has 0 spiro atoms. The zero-order valence-corrected chi connectivity index (χ0v) is 16.0. The summed E-state index contributed by atoms with van der Waals surface area (Å²) < 4.78 is 5.25. The summed E-state index contributed by atoms with van der Waals surface area (Å²) in [6, 6.07) is 12.4. The number of rotatable bonds is 7. The van der Waals surface area contributed by atoms with Gasteiger partial charge in [-0.1, -0.05) is 0 Å². The molecule has 7 nitrogen and oxygen atoms in total. The standard InChI is InChI=1S/C20H18N4O3S/c1-27-16-6-7-17-14(11-22-18(17)10-16)8-9-21-20-23-19(12-28-20)13-2-4-15(5-3-13)24(25)26/h2-7,10-12,22H,8-9H2,1H3,(H,21,23). The van der Waals surface area contributed by atoms with E-state index in [-0.39, 0.29) is 5.69 Å². The topological polar surface area (TPSA) is 93.1 Å². The van der Waals surface area contributed by atoms with Crippen LogP contribution in [0.25, 0.3) is 22.2 Å². The molecule has 8 heteroatoms. The molecule has 4 rings (SSSR count). The van der Waals surface area contributed by atoms with E-state index in [1.165, 1.54) is 34.4 Å². The maximum absolute atomic E-state index is 10.8. The zero-order valence-electron chi connectivity index (χ0n) is 15.1. The predicted molar refractivity (Wildman–Crippen MR) is 111 cm³/mol. The number of nitro groups is 1. The third kappa shape index (κ3) is 3.67. The SMILES string of the molecule is COc1ccc2c(CCNc3nc(-c4ccc([N+](=O)[O-])cc4)cs3)c[nH]c2c1. The Kier molecular flexibility index (Phi) is 4.94. The number of fused-ring (bicyclic) bond motifs is 1. The molecule has 2 aromatic heterocycles. The van der Waals surface area contributed by atoms with Crippen LogP contribution < -0.4 is 10.1 Å². The minimum atomic E-state index is -0.404. The van der Waals surface area contributed by atoms with Gasteiger partial charge in [0.1, 0.15) is 5.75 Å². The van der Waals surface area contributed by atoms with Gasteiger partial charge in [-0.15, -0.1) is 11.3 Å². The average Bonchev–Trinajstić information content (AvgIpc) is 3.35. The number of methoxy groups -OCH3 is 1. The lowest BCUT2D eigenvalue weighted by Crippen LogP contribution is -2.04. The Morgan fingerprint density at radius 3 is 2.82 bits per heavy atom. The Hall–Kier alpha value is -3.39. The summed E-state index contributed by atoms with van der Waals surface area (Å²) in [4.78, 5) is 18.2. The minimum Gasteiger partial charge on any atom is -0.497 e. The summed E-state index contributed by atoms with van der Waals surface area (Å²) in [6.07, 6.45) is 2.88. The molecule has 0 radical (unpaired) electrons. The van der Waals surface area contributed by atoms with E-state index >= 15 is 0 Å². The van der Waals surface area contributed by atoms with Gasteiger partial charge in [0.2, 0.25) is 0 Å². The predicted octanol–water partition coefficient (Wildman–Crippen LogP) is 4.86. The number of H-pyrrole nitrogens is 1. The van der Waals surface area contributed by atoms with E-state index in [9.17, 15) is 10.1 Å². The van der Waals surface area contributed by atoms with Crippen molar-refractivity contribution < 1.29 is 9.66 Å². The van der Waals surface area contributed by atoms with Gasteiger partial charge in [0.05, 0.1) is 17.7 Å². The van der Waals surface area contributed by atoms with Crippen LogP contribution in [0.15, 0.2) is 54.0 Å². The van der Waals surface area contributed by atoms with Crippen molar-refractivity contribution in [3.05, 3.63) is 69.7 Å². The van der Waals surface area contributed by atoms with Gasteiger partial charge in [0, 0.05) is 52.8 Å². The number of nitrogens with zero attached hydrogens (tertiary/aromatic N) is 2. The lowest BCUT2D eigenvalue weighted by atomic mass is 10.1. The fourth-order valence-corrected chi connectivity index (χ4v) is 3.79. The molecule has 0 aliphatic heterocycles. The smallest absolute Gasteiger partial charge is 0.269 e. The highest BCUT2D eigenvalue weighted by Crippen LogP contribution is 2.27. The van der Waals surface area contributed by atoms with E-state index in [4.69, 9.17) is 4.74 Å². The van der Waals surface area contributed by atoms with Crippen LogP contribution in [0, 0.1) is 10.1 Å². The Balaban J connectivity index is 1.39. The van der Waals surface area contributed by atoms with Gasteiger partial charge in [-0.25, -0.2) is 4.98 Å². The molecular formula is C20H18N4O3S. The Morgan fingerprint density at radius 1 is 1.25 bits per heavy atom. The first-order chi connectivity index (χ1) is 13.6. The Bertz CT molecular complexity index is 1120. The molecule has 2 heterocycles. The molecule has 0 fully saturated rings. The summed E-state index contributed by atoms with van der Waals surface area (Å²) in [6.45, 7) is 0.756. The van der Waals surface area contributed by atoms with Crippen molar-refractivity contribution in [3.8, 4) is 17.0 Å². The van der Waals surface area contributed by atoms with Gasteiger partial charge in [-0.05, 0) is 36.2 Å². The van der Waals surface area contributed by atoms with Crippen molar-refractivity contribution in [1.29, 1.82) is 0 Å². The molecule has 2 N–H and O–H groups in total. The molecule has 0 saturated carbocycles. The van der Waals surface area contributed by atoms with E-state index in [1.54, 1.807) is 19.2 Å². The van der Waals surface area contributed by atoms with Gasteiger partial charge in [0.15, 0.2) is 5.13 Å². The number of aromatic nitrogens is 2. The molecule has 28 heavy (non-hydrogen) atoms. The molecule has 0 aliphatic rings. The normalized spacial score (nSPS) is 10.9. The van der Waals surface area contributed by atoms with Crippen LogP contribution in [0.1, 0.15) is 5.56 Å². The summed E-state index contributed by atoms with van der Waals surface area (Å²) in [5.74, 6) is 0.834. The van der Waals surface area contributed by atoms with Gasteiger partial charge in [0.25, 0.3) is 5.69 Å². The lowest BCUT2D eigenvalue weighted by Gasteiger charge is -2.03. The lowest BCUT2D eigenvalue weighted by molar-refractivity contribution is -0.384. The highest BCUT2D eigenvalue weighted by atomic mass is 32.1. The Labute approximate surface area is 165 Å². The van der Waals surface area contributed by atoms with Crippen molar-refractivity contribution in [2.75, 3.05) is 19.0 Å². The van der Waals surface area contributed by atoms with Crippen molar-refractivity contribution in [2.45, 2.75) is 6.42 Å². The third-order valence-electron chi connectivity index (χ3n) is 4.52. The van der Waals surface area contributed by atoms with Crippen LogP contribution in [0.2, 0.25) is 0 Å². The number of aromatic amines is 1. The number of anilines is 1. The number of thiazole rings is 1. The molecule has 0 unspecified atom stereocenters. The van der Waals surface area contributed by atoms with E-state index in [0.717, 1.165) is 40.6 Å². The first kappa shape index (κ1) is 18.0. The van der Waals surface area contributed by atoms with E-state index in [2.05, 4.69) is 21.4 Å². The van der Waals surface area contributed by atoms with E-state index in [0.29, 0.717) is 0 Å². The highest BCUT2D eigenvalue weighted by Gasteiger charge is 2.09. The zero-order chi connectivity index (χ0) is 19.5.